The lowest BCUT2D eigenvalue weighted by atomic mass is 9.53. The Bertz CT molecular complexity index is 378. The predicted octanol–water partition coefficient (Wildman–Crippen LogP) is 3.97. The van der Waals surface area contributed by atoms with Gasteiger partial charge in [0.1, 0.15) is 5.78 Å². The van der Waals surface area contributed by atoms with E-state index in [-0.39, 0.29) is 6.85 Å². The number of rotatable bonds is 4. The molecule has 2 nitrogen and oxygen atoms in total. The van der Waals surface area contributed by atoms with Crippen LogP contribution in [-0.2, 0) is 4.79 Å². The van der Waals surface area contributed by atoms with E-state index in [1.807, 2.05) is 13.8 Å². The van der Waals surface area contributed by atoms with Crippen LogP contribution in [0.3, 0.4) is 0 Å². The van der Waals surface area contributed by atoms with Gasteiger partial charge in [-0.2, -0.15) is 0 Å². The summed E-state index contributed by atoms with van der Waals surface area (Å²) in [7, 11) is 0. The molecule has 2 rings (SSSR count). The maximum atomic E-state index is 11.8. The molecule has 0 amide bonds. The topological polar surface area (TPSA) is 29.4 Å². The van der Waals surface area contributed by atoms with Crippen molar-refractivity contribution in [2.45, 2.75) is 60.7 Å². The summed E-state index contributed by atoms with van der Waals surface area (Å²) < 4.78 is 0. The van der Waals surface area contributed by atoms with E-state index in [4.69, 9.17) is 0 Å². The predicted molar refractivity (Wildman–Crippen MR) is 80.3 cm³/mol. The molecule has 0 spiro atoms. The van der Waals surface area contributed by atoms with E-state index in [2.05, 4.69) is 32.6 Å². The smallest absolute Gasteiger partial charge is 0.315 e. The minimum atomic E-state index is 0.144. The Morgan fingerprint density at radius 1 is 1.33 bits per heavy atom. The van der Waals surface area contributed by atoms with Crippen LogP contribution in [0, 0.1) is 11.8 Å². The highest BCUT2D eigenvalue weighted by atomic mass is 16.1. The summed E-state index contributed by atoms with van der Waals surface area (Å²) in [4.78, 5) is 16.4. The number of hydrogen-bond donors (Lipinski definition) is 0. The number of ketones is 1. The summed E-state index contributed by atoms with van der Waals surface area (Å²) >= 11 is 0. The zero-order valence-electron chi connectivity index (χ0n) is 12.7. The summed E-state index contributed by atoms with van der Waals surface area (Å²) in [5.41, 5.74) is 3.83. The Morgan fingerprint density at radius 3 is 2.28 bits per heavy atom. The quantitative estimate of drug-likeness (QED) is 0.691. The monoisotopic (exact) mass is 247 g/mol. The van der Waals surface area contributed by atoms with Crippen LogP contribution < -0.4 is 0 Å². The van der Waals surface area contributed by atoms with Gasteiger partial charge >= 0.3 is 6.85 Å². The molecule has 0 N–H and O–H groups in total. The Morgan fingerprint density at radius 2 is 1.89 bits per heavy atom. The molecule has 0 radical (unpaired) electrons. The summed E-state index contributed by atoms with van der Waals surface area (Å²) in [5.74, 6) is 1.31. The van der Waals surface area contributed by atoms with Crippen molar-refractivity contribution < 1.29 is 4.79 Å². The van der Waals surface area contributed by atoms with Gasteiger partial charge in [0.25, 0.3) is 0 Å². The van der Waals surface area contributed by atoms with Crippen molar-refractivity contribution in [1.82, 2.24) is 0 Å². The van der Waals surface area contributed by atoms with Gasteiger partial charge in [0.2, 0.25) is 0 Å². The van der Waals surface area contributed by atoms with E-state index in [9.17, 15) is 4.79 Å². The molecule has 1 aliphatic carbocycles. The minimum Gasteiger partial charge on any atom is -0.339 e. The normalized spacial score (nSPS) is 18.8. The fraction of sp³-hybridized carbons (Fsp3) is 0.733. The van der Waals surface area contributed by atoms with Gasteiger partial charge in [0.05, 0.1) is 0 Å². The molecule has 0 unspecified atom stereocenters. The summed E-state index contributed by atoms with van der Waals surface area (Å²) in [5, 5.41) is 0. The van der Waals surface area contributed by atoms with Crippen molar-refractivity contribution in [1.29, 1.82) is 0 Å². The molecule has 0 saturated heterocycles. The van der Waals surface area contributed by atoms with Crippen molar-refractivity contribution >= 4 is 18.3 Å². The maximum Gasteiger partial charge on any atom is 0.315 e. The Kier molecular flexibility index (Phi) is 5.37. The van der Waals surface area contributed by atoms with Crippen molar-refractivity contribution in [3.8, 4) is 0 Å². The van der Waals surface area contributed by atoms with Crippen molar-refractivity contribution in [3.05, 3.63) is 11.0 Å². The van der Waals surface area contributed by atoms with Crippen molar-refractivity contribution in [2.24, 2.45) is 16.7 Å². The molecule has 0 bridgehead atoms. The second kappa shape index (κ2) is 6.35. The van der Waals surface area contributed by atoms with E-state index in [1.165, 1.54) is 11.0 Å². The van der Waals surface area contributed by atoms with E-state index < -0.39 is 0 Å². The molecular weight excluding hydrogens is 221 g/mol. The first-order valence-electron chi connectivity index (χ1n) is 7.28. The second-order valence-electron chi connectivity index (χ2n) is 5.43. The maximum absolute atomic E-state index is 11.8. The zero-order chi connectivity index (χ0) is 13.9. The standard InChI is InChI=1S/C13H20BNO.C2H6/c1-8(2)13-9(3)14(15-10(13)4)7-12(16)11-5-6-11;1-2/h8,11H,5-7H2,1-4H3;1-2H3. The van der Waals surface area contributed by atoms with E-state index in [1.54, 1.807) is 0 Å². The van der Waals surface area contributed by atoms with E-state index in [0.717, 1.165) is 18.6 Å². The molecule has 3 heteroatoms. The Hall–Kier alpha value is -0.855. The first-order valence-corrected chi connectivity index (χ1v) is 7.28. The van der Waals surface area contributed by atoms with Crippen LogP contribution in [0.25, 0.3) is 0 Å². The number of carbonyl (C=O) groups is 1. The first kappa shape index (κ1) is 15.2. The van der Waals surface area contributed by atoms with Crippen LogP contribution >= 0.6 is 0 Å². The molecule has 1 heterocycles. The van der Waals surface area contributed by atoms with Crippen LogP contribution in [0.5, 0.6) is 0 Å². The van der Waals surface area contributed by atoms with Gasteiger partial charge in [-0.25, -0.2) is 0 Å². The third-order valence-electron chi connectivity index (χ3n) is 3.67. The molecule has 0 aromatic rings. The van der Waals surface area contributed by atoms with E-state index >= 15 is 0 Å². The van der Waals surface area contributed by atoms with Gasteiger partial charge in [-0.05, 0) is 38.2 Å². The van der Waals surface area contributed by atoms with Crippen LogP contribution in [0.1, 0.15) is 54.4 Å². The van der Waals surface area contributed by atoms with Crippen molar-refractivity contribution in [2.75, 3.05) is 0 Å². The molecule has 1 saturated carbocycles. The molecule has 2 aliphatic rings. The number of hydrogen-bond acceptors (Lipinski definition) is 2. The highest BCUT2D eigenvalue weighted by Gasteiger charge is 2.35. The molecule has 1 aliphatic heterocycles. The van der Waals surface area contributed by atoms with Crippen molar-refractivity contribution in [3.63, 3.8) is 0 Å². The molecular formula is C15H26BNO. The zero-order valence-corrected chi connectivity index (χ0v) is 12.7. The molecule has 18 heavy (non-hydrogen) atoms. The molecule has 100 valence electrons. The fourth-order valence-corrected chi connectivity index (χ4v) is 2.70. The van der Waals surface area contributed by atoms with Gasteiger partial charge in [-0.3, -0.25) is 0 Å². The lowest BCUT2D eigenvalue weighted by Gasteiger charge is -2.10. The van der Waals surface area contributed by atoms with Gasteiger partial charge in [-0.15, -0.1) is 0 Å². The largest absolute Gasteiger partial charge is 0.339 e. The summed E-state index contributed by atoms with van der Waals surface area (Å²) in [6.07, 6.45) is 2.84. The second-order valence-corrected chi connectivity index (χ2v) is 5.43. The Labute approximate surface area is 112 Å². The molecule has 1 fully saturated rings. The molecule has 0 atom stereocenters. The minimum absolute atomic E-state index is 0.144. The SMILES string of the molecule is CC.CC1=NB(CC(=O)C2CC2)C(C)=C1C(C)C. The van der Waals surface area contributed by atoms with Gasteiger partial charge in [-0.1, -0.05) is 33.2 Å². The highest BCUT2D eigenvalue weighted by molar-refractivity contribution is 6.72. The fourth-order valence-electron chi connectivity index (χ4n) is 2.70. The van der Waals surface area contributed by atoms with Crippen LogP contribution in [0.4, 0.5) is 0 Å². The molecule has 0 aromatic carbocycles. The number of Topliss-reactive ketones (excluding diaryl/α,β-unsaturated/α-hetero) is 1. The number of carbonyl (C=O) groups excluding carboxylic acids is 1. The average Bonchev–Trinajstić information content (AvgIpc) is 3.10. The van der Waals surface area contributed by atoms with Crippen LogP contribution in [0.2, 0.25) is 6.32 Å². The third kappa shape index (κ3) is 3.33. The lowest BCUT2D eigenvalue weighted by Crippen LogP contribution is -2.17. The van der Waals surface area contributed by atoms with E-state index in [0.29, 0.717) is 23.9 Å². The number of nitrogens with zero attached hydrogens (tertiary/aromatic N) is 1. The average molecular weight is 247 g/mol. The lowest BCUT2D eigenvalue weighted by molar-refractivity contribution is -0.118. The van der Waals surface area contributed by atoms with Gasteiger partial charge in [0.15, 0.2) is 0 Å². The first-order chi connectivity index (χ1) is 8.50. The highest BCUT2D eigenvalue weighted by Crippen LogP contribution is 2.34. The van der Waals surface area contributed by atoms with Crippen LogP contribution in [-0.4, -0.2) is 18.3 Å². The Balaban J connectivity index is 0.000000771. The van der Waals surface area contributed by atoms with Gasteiger partial charge in [0, 0.05) is 17.9 Å². The van der Waals surface area contributed by atoms with Gasteiger partial charge < -0.3 is 9.70 Å². The summed E-state index contributed by atoms with van der Waals surface area (Å²) in [6.45, 7) is 12.7. The third-order valence-corrected chi connectivity index (χ3v) is 3.67. The van der Waals surface area contributed by atoms with Crippen LogP contribution in [0.15, 0.2) is 15.9 Å². The molecule has 0 aromatic heterocycles. The summed E-state index contributed by atoms with van der Waals surface area (Å²) in [6, 6.07) is 0. The number of allylic oxidation sites excluding steroid dienone is 2.